The minimum atomic E-state index is 0.388. The Balaban J connectivity index is 2.16. The zero-order valence-corrected chi connectivity index (χ0v) is 9.24. The van der Waals surface area contributed by atoms with E-state index in [1.54, 1.807) is 6.07 Å². The van der Waals surface area contributed by atoms with E-state index in [0.29, 0.717) is 17.6 Å². The van der Waals surface area contributed by atoms with Crippen LogP contribution in [0.3, 0.4) is 0 Å². The first-order valence-electron chi connectivity index (χ1n) is 5.71. The molecular formula is C13H19NO. The van der Waals surface area contributed by atoms with Gasteiger partial charge >= 0.3 is 0 Å². The molecule has 0 radical (unpaired) electrons. The van der Waals surface area contributed by atoms with Crippen LogP contribution in [-0.4, -0.2) is 11.7 Å². The Kier molecular flexibility index (Phi) is 2.96. The van der Waals surface area contributed by atoms with E-state index in [2.05, 4.69) is 13.0 Å². The first kappa shape index (κ1) is 10.5. The number of aromatic hydroxyl groups is 1. The van der Waals surface area contributed by atoms with Crippen molar-refractivity contribution in [2.24, 2.45) is 17.6 Å². The monoisotopic (exact) mass is 205 g/mol. The van der Waals surface area contributed by atoms with Crippen molar-refractivity contribution in [1.82, 2.24) is 0 Å². The second-order valence-corrected chi connectivity index (χ2v) is 4.67. The van der Waals surface area contributed by atoms with Gasteiger partial charge in [0.2, 0.25) is 0 Å². The van der Waals surface area contributed by atoms with Gasteiger partial charge in [0.1, 0.15) is 5.75 Å². The van der Waals surface area contributed by atoms with Gasteiger partial charge in [-0.1, -0.05) is 13.0 Å². The summed E-state index contributed by atoms with van der Waals surface area (Å²) in [5.74, 6) is 1.71. The van der Waals surface area contributed by atoms with E-state index >= 15 is 0 Å². The SMILES string of the molecule is CC(CN)C1CCc2cc(O)ccc2C1. The van der Waals surface area contributed by atoms with Gasteiger partial charge in [0.25, 0.3) is 0 Å². The Bertz CT molecular complexity index is 348. The maximum absolute atomic E-state index is 9.39. The van der Waals surface area contributed by atoms with Crippen molar-refractivity contribution in [2.45, 2.75) is 26.2 Å². The lowest BCUT2D eigenvalue weighted by Gasteiger charge is -2.28. The Morgan fingerprint density at radius 1 is 1.47 bits per heavy atom. The first-order valence-corrected chi connectivity index (χ1v) is 5.71. The second-order valence-electron chi connectivity index (χ2n) is 4.67. The van der Waals surface area contributed by atoms with Crippen molar-refractivity contribution >= 4 is 0 Å². The Morgan fingerprint density at radius 3 is 3.00 bits per heavy atom. The molecule has 15 heavy (non-hydrogen) atoms. The molecule has 82 valence electrons. The fourth-order valence-electron chi connectivity index (χ4n) is 2.45. The number of hydrogen-bond donors (Lipinski definition) is 2. The summed E-state index contributed by atoms with van der Waals surface area (Å²) in [6, 6.07) is 5.74. The molecule has 0 aromatic heterocycles. The number of benzene rings is 1. The molecule has 2 heteroatoms. The third-order valence-electron chi connectivity index (χ3n) is 3.63. The molecule has 1 aliphatic rings. The normalized spacial score (nSPS) is 22.1. The van der Waals surface area contributed by atoms with Crippen LogP contribution >= 0.6 is 0 Å². The van der Waals surface area contributed by atoms with Crippen molar-refractivity contribution in [3.8, 4) is 5.75 Å². The van der Waals surface area contributed by atoms with Crippen LogP contribution in [0.15, 0.2) is 18.2 Å². The minimum Gasteiger partial charge on any atom is -0.508 e. The molecule has 2 rings (SSSR count). The average molecular weight is 205 g/mol. The van der Waals surface area contributed by atoms with Crippen LogP contribution in [0.4, 0.5) is 0 Å². The lowest BCUT2D eigenvalue weighted by atomic mass is 9.77. The number of fused-ring (bicyclic) bond motifs is 1. The van der Waals surface area contributed by atoms with Crippen molar-refractivity contribution in [2.75, 3.05) is 6.54 Å². The standard InChI is InChI=1S/C13H19NO/c1-9(8-14)10-2-3-12-7-13(15)5-4-11(12)6-10/h4-5,7,9-10,15H,2-3,6,8,14H2,1H3. The van der Waals surface area contributed by atoms with Crippen LogP contribution in [0.1, 0.15) is 24.5 Å². The van der Waals surface area contributed by atoms with E-state index in [0.717, 1.165) is 19.4 Å². The van der Waals surface area contributed by atoms with Crippen molar-refractivity contribution in [3.63, 3.8) is 0 Å². The van der Waals surface area contributed by atoms with Crippen LogP contribution in [0.2, 0.25) is 0 Å². The summed E-state index contributed by atoms with van der Waals surface area (Å²) in [6.45, 7) is 3.01. The highest BCUT2D eigenvalue weighted by Gasteiger charge is 2.22. The van der Waals surface area contributed by atoms with Crippen LogP contribution < -0.4 is 5.73 Å². The highest BCUT2D eigenvalue weighted by molar-refractivity contribution is 5.36. The summed E-state index contributed by atoms with van der Waals surface area (Å²) in [5.41, 5.74) is 8.42. The summed E-state index contributed by atoms with van der Waals surface area (Å²) >= 11 is 0. The molecule has 3 N–H and O–H groups in total. The molecule has 0 saturated heterocycles. The molecule has 0 bridgehead atoms. The van der Waals surface area contributed by atoms with Crippen LogP contribution in [0, 0.1) is 11.8 Å². The average Bonchev–Trinajstić information content (AvgIpc) is 2.27. The van der Waals surface area contributed by atoms with Crippen LogP contribution in [0.5, 0.6) is 5.75 Å². The fraction of sp³-hybridized carbons (Fsp3) is 0.538. The van der Waals surface area contributed by atoms with Gasteiger partial charge in [-0.25, -0.2) is 0 Å². The molecule has 2 nitrogen and oxygen atoms in total. The molecule has 1 aromatic rings. The molecule has 1 aromatic carbocycles. The van der Waals surface area contributed by atoms with E-state index in [1.807, 2.05) is 6.07 Å². The van der Waals surface area contributed by atoms with Gasteiger partial charge in [-0.05, 0) is 60.9 Å². The van der Waals surface area contributed by atoms with Crippen molar-refractivity contribution in [3.05, 3.63) is 29.3 Å². The van der Waals surface area contributed by atoms with Crippen molar-refractivity contribution < 1.29 is 5.11 Å². The summed E-state index contributed by atoms with van der Waals surface area (Å²) in [5, 5.41) is 9.39. The molecular weight excluding hydrogens is 186 g/mol. The second kappa shape index (κ2) is 4.23. The molecule has 2 atom stereocenters. The van der Waals surface area contributed by atoms with Gasteiger partial charge < -0.3 is 10.8 Å². The van der Waals surface area contributed by atoms with Gasteiger partial charge in [0, 0.05) is 0 Å². The van der Waals surface area contributed by atoms with E-state index < -0.39 is 0 Å². The minimum absolute atomic E-state index is 0.388. The third kappa shape index (κ3) is 2.15. The third-order valence-corrected chi connectivity index (χ3v) is 3.63. The Hall–Kier alpha value is -1.02. The Labute approximate surface area is 91.1 Å². The summed E-state index contributed by atoms with van der Waals surface area (Å²) in [6.07, 6.45) is 3.40. The first-order chi connectivity index (χ1) is 7.20. The molecule has 0 fully saturated rings. The quantitative estimate of drug-likeness (QED) is 0.776. The zero-order valence-electron chi connectivity index (χ0n) is 9.24. The lowest BCUT2D eigenvalue weighted by Crippen LogP contribution is -2.26. The number of hydrogen-bond acceptors (Lipinski definition) is 2. The van der Waals surface area contributed by atoms with Crippen molar-refractivity contribution in [1.29, 1.82) is 0 Å². The largest absolute Gasteiger partial charge is 0.508 e. The predicted octanol–water partition coefficient (Wildman–Crippen LogP) is 2.09. The summed E-state index contributed by atoms with van der Waals surface area (Å²) < 4.78 is 0. The van der Waals surface area contributed by atoms with Gasteiger partial charge in [0.15, 0.2) is 0 Å². The summed E-state index contributed by atoms with van der Waals surface area (Å²) in [7, 11) is 0. The number of nitrogens with two attached hydrogens (primary N) is 1. The van der Waals surface area contributed by atoms with Gasteiger partial charge in [-0.2, -0.15) is 0 Å². The fourth-order valence-corrected chi connectivity index (χ4v) is 2.45. The molecule has 0 heterocycles. The highest BCUT2D eigenvalue weighted by atomic mass is 16.3. The van der Waals surface area contributed by atoms with E-state index in [9.17, 15) is 5.11 Å². The van der Waals surface area contributed by atoms with E-state index in [-0.39, 0.29) is 0 Å². The number of rotatable bonds is 2. The Morgan fingerprint density at radius 2 is 2.27 bits per heavy atom. The summed E-state index contributed by atoms with van der Waals surface area (Å²) in [4.78, 5) is 0. The molecule has 0 amide bonds. The van der Waals surface area contributed by atoms with Crippen LogP contribution in [0.25, 0.3) is 0 Å². The van der Waals surface area contributed by atoms with Gasteiger partial charge in [0.05, 0.1) is 0 Å². The highest BCUT2D eigenvalue weighted by Crippen LogP contribution is 2.31. The smallest absolute Gasteiger partial charge is 0.115 e. The lowest BCUT2D eigenvalue weighted by molar-refractivity contribution is 0.326. The number of phenolic OH excluding ortho intramolecular Hbond substituents is 1. The predicted molar refractivity (Wildman–Crippen MR) is 61.8 cm³/mol. The molecule has 1 aliphatic carbocycles. The van der Waals surface area contributed by atoms with Gasteiger partial charge in [-0.15, -0.1) is 0 Å². The number of aryl methyl sites for hydroxylation is 1. The molecule has 0 saturated carbocycles. The maximum atomic E-state index is 9.39. The molecule has 0 spiro atoms. The van der Waals surface area contributed by atoms with Crippen LogP contribution in [-0.2, 0) is 12.8 Å². The topological polar surface area (TPSA) is 46.2 Å². The number of phenols is 1. The molecule has 0 aliphatic heterocycles. The van der Waals surface area contributed by atoms with E-state index in [4.69, 9.17) is 5.73 Å². The zero-order chi connectivity index (χ0) is 10.8. The van der Waals surface area contributed by atoms with Gasteiger partial charge in [-0.3, -0.25) is 0 Å². The maximum Gasteiger partial charge on any atom is 0.115 e. The van der Waals surface area contributed by atoms with E-state index in [1.165, 1.54) is 17.5 Å². The molecule has 2 unspecified atom stereocenters.